The molecule has 3 aromatic carbocycles. The predicted molar refractivity (Wildman–Crippen MR) is 120 cm³/mol. The monoisotopic (exact) mass is 484 g/mol. The number of nitro benzene ring substituents is 1. The summed E-state index contributed by atoms with van der Waals surface area (Å²) in [5, 5.41) is 16.7. The highest BCUT2D eigenvalue weighted by Gasteiger charge is 2.21. The summed E-state index contributed by atoms with van der Waals surface area (Å²) >= 11 is 5.62. The number of hydrogen-bond donors (Lipinski definition) is 2. The smallest absolute Gasteiger partial charge is 0.350 e. The lowest BCUT2D eigenvalue weighted by Crippen LogP contribution is -2.32. The first-order valence-corrected chi connectivity index (χ1v) is 9.77. The Bertz CT molecular complexity index is 1310. The molecule has 0 aliphatic heterocycles. The van der Waals surface area contributed by atoms with Gasteiger partial charge >= 0.3 is 17.8 Å². The van der Waals surface area contributed by atoms with Crippen LogP contribution in [0, 0.1) is 15.9 Å². The Morgan fingerprint density at radius 3 is 2.53 bits per heavy atom. The third-order valence-electron chi connectivity index (χ3n) is 4.15. The molecule has 10 nitrogen and oxygen atoms in total. The number of amides is 2. The molecule has 34 heavy (non-hydrogen) atoms. The van der Waals surface area contributed by atoms with Gasteiger partial charge in [0.25, 0.3) is 5.69 Å². The van der Waals surface area contributed by atoms with E-state index in [1.165, 1.54) is 54.7 Å². The van der Waals surface area contributed by atoms with Gasteiger partial charge in [0.1, 0.15) is 17.1 Å². The number of anilines is 1. The van der Waals surface area contributed by atoms with Gasteiger partial charge in [0.05, 0.1) is 16.2 Å². The van der Waals surface area contributed by atoms with Crippen LogP contribution in [0.4, 0.5) is 15.8 Å². The summed E-state index contributed by atoms with van der Waals surface area (Å²) < 4.78 is 18.3. The zero-order valence-corrected chi connectivity index (χ0v) is 17.8. The van der Waals surface area contributed by atoms with Crippen molar-refractivity contribution in [2.24, 2.45) is 5.10 Å². The molecule has 172 valence electrons. The number of nitrogens with one attached hydrogen (secondary N) is 2. The first-order chi connectivity index (χ1) is 16.2. The average molecular weight is 485 g/mol. The summed E-state index contributed by atoms with van der Waals surface area (Å²) in [6, 6.07) is 14.7. The number of ether oxygens (including phenoxy) is 1. The molecule has 0 unspecified atom stereocenters. The Morgan fingerprint density at radius 1 is 1.03 bits per heavy atom. The van der Waals surface area contributed by atoms with E-state index in [9.17, 15) is 28.9 Å². The maximum atomic E-state index is 13.2. The van der Waals surface area contributed by atoms with Crippen LogP contribution in [0.5, 0.6) is 5.75 Å². The number of hydrazone groups is 1. The topological polar surface area (TPSA) is 140 Å². The molecule has 0 saturated carbocycles. The minimum Gasteiger partial charge on any atom is -0.423 e. The van der Waals surface area contributed by atoms with Crippen LogP contribution < -0.4 is 15.5 Å². The second-order valence-electron chi connectivity index (χ2n) is 6.52. The highest BCUT2D eigenvalue weighted by atomic mass is 35.5. The zero-order chi connectivity index (χ0) is 24.7. The summed E-state index contributed by atoms with van der Waals surface area (Å²) in [7, 11) is 0. The van der Waals surface area contributed by atoms with E-state index in [0.29, 0.717) is 5.56 Å². The largest absolute Gasteiger partial charge is 0.423 e. The Morgan fingerprint density at radius 2 is 1.79 bits per heavy atom. The van der Waals surface area contributed by atoms with E-state index >= 15 is 0 Å². The molecule has 0 aliphatic carbocycles. The van der Waals surface area contributed by atoms with Crippen molar-refractivity contribution in [1.29, 1.82) is 0 Å². The van der Waals surface area contributed by atoms with Crippen LogP contribution >= 0.6 is 11.6 Å². The van der Waals surface area contributed by atoms with E-state index in [4.69, 9.17) is 16.3 Å². The normalized spacial score (nSPS) is 10.5. The van der Waals surface area contributed by atoms with Gasteiger partial charge in [-0.05, 0) is 42.0 Å². The van der Waals surface area contributed by atoms with E-state index in [0.717, 1.165) is 12.1 Å². The highest BCUT2D eigenvalue weighted by Crippen LogP contribution is 2.21. The molecule has 0 fully saturated rings. The maximum absolute atomic E-state index is 13.2. The van der Waals surface area contributed by atoms with Gasteiger partial charge in [-0.15, -0.1) is 0 Å². The summed E-state index contributed by atoms with van der Waals surface area (Å²) in [6.07, 6.45) is 1.18. The van der Waals surface area contributed by atoms with Crippen LogP contribution in [0.1, 0.15) is 15.9 Å². The van der Waals surface area contributed by atoms with Gasteiger partial charge < -0.3 is 10.1 Å². The second-order valence-corrected chi connectivity index (χ2v) is 6.93. The fourth-order valence-corrected chi connectivity index (χ4v) is 2.78. The van der Waals surface area contributed by atoms with Gasteiger partial charge in [0.2, 0.25) is 0 Å². The predicted octanol–water partition coefficient (Wildman–Crippen LogP) is 3.70. The second kappa shape index (κ2) is 10.8. The number of para-hydroxylation sites is 1. The van der Waals surface area contributed by atoms with Crippen molar-refractivity contribution in [3.63, 3.8) is 0 Å². The molecule has 0 spiro atoms. The van der Waals surface area contributed by atoms with Gasteiger partial charge in [-0.1, -0.05) is 35.9 Å². The number of halogens is 2. The van der Waals surface area contributed by atoms with Crippen molar-refractivity contribution in [2.75, 3.05) is 5.32 Å². The molecule has 0 saturated heterocycles. The lowest BCUT2D eigenvalue weighted by Gasteiger charge is -2.06. The Kier molecular flexibility index (Phi) is 7.62. The summed E-state index contributed by atoms with van der Waals surface area (Å²) in [4.78, 5) is 46.5. The number of nitrogens with zero attached hydrogens (tertiary/aromatic N) is 2. The number of esters is 1. The number of carbonyl (C=O) groups is 3. The molecule has 3 aromatic rings. The van der Waals surface area contributed by atoms with Crippen LogP contribution in [-0.4, -0.2) is 28.9 Å². The number of hydrogen-bond acceptors (Lipinski definition) is 7. The number of rotatable bonds is 6. The standard InChI is InChI=1S/C22H14ClFN4O6/c23-17-11-14(8-9-18(17)24)26-20(29)21(30)27-25-12-13-4-3-5-15(10-13)34-22(31)16-6-1-2-7-19(16)28(32)33/h1-12H,(H,26,29)(H,27,30). The minimum absolute atomic E-state index is 0.0735. The highest BCUT2D eigenvalue weighted by molar-refractivity contribution is 6.39. The Balaban J connectivity index is 1.60. The fourth-order valence-electron chi connectivity index (χ4n) is 2.60. The van der Waals surface area contributed by atoms with Gasteiger partial charge in [-0.25, -0.2) is 14.6 Å². The number of nitro groups is 1. The molecule has 0 aromatic heterocycles. The minimum atomic E-state index is -1.10. The van der Waals surface area contributed by atoms with Gasteiger partial charge in [0.15, 0.2) is 0 Å². The Hall–Kier alpha value is -4.64. The SMILES string of the molecule is O=C(NN=Cc1cccc(OC(=O)c2ccccc2[N+](=O)[O-])c1)C(=O)Nc1ccc(F)c(Cl)c1. The fraction of sp³-hybridized carbons (Fsp3) is 0. The molecular formula is C22H14ClFN4O6. The third-order valence-corrected chi connectivity index (χ3v) is 4.44. The molecule has 0 aliphatic rings. The average Bonchev–Trinajstić information content (AvgIpc) is 2.81. The van der Waals surface area contributed by atoms with E-state index in [1.54, 1.807) is 6.07 Å². The van der Waals surface area contributed by atoms with Crippen LogP contribution in [-0.2, 0) is 9.59 Å². The Labute approximate surface area is 196 Å². The molecule has 2 amide bonds. The molecular weight excluding hydrogens is 471 g/mol. The van der Waals surface area contributed by atoms with Crippen molar-refractivity contribution in [3.8, 4) is 5.75 Å². The first kappa shape index (κ1) is 24.0. The quantitative estimate of drug-likeness (QED) is 0.136. The van der Waals surface area contributed by atoms with Gasteiger partial charge in [0, 0.05) is 11.8 Å². The van der Waals surface area contributed by atoms with Gasteiger partial charge in [-0.2, -0.15) is 5.10 Å². The molecule has 3 rings (SSSR count). The van der Waals surface area contributed by atoms with Crippen LogP contribution in [0.3, 0.4) is 0 Å². The first-order valence-electron chi connectivity index (χ1n) is 9.39. The van der Waals surface area contributed by atoms with Crippen molar-refractivity contribution in [2.45, 2.75) is 0 Å². The summed E-state index contributed by atoms with van der Waals surface area (Å²) in [5.74, 6) is -3.69. The third kappa shape index (κ3) is 6.20. The van der Waals surface area contributed by atoms with E-state index in [2.05, 4.69) is 10.4 Å². The molecule has 0 heterocycles. The lowest BCUT2D eigenvalue weighted by atomic mass is 10.2. The van der Waals surface area contributed by atoms with E-state index in [-0.39, 0.29) is 22.0 Å². The van der Waals surface area contributed by atoms with Crippen molar-refractivity contribution < 1.29 is 28.4 Å². The molecule has 0 bridgehead atoms. The maximum Gasteiger partial charge on any atom is 0.350 e. The zero-order valence-electron chi connectivity index (χ0n) is 17.0. The summed E-state index contributed by atoms with van der Waals surface area (Å²) in [5.41, 5.74) is 1.90. The number of carbonyl (C=O) groups excluding carboxylic acids is 3. The van der Waals surface area contributed by atoms with Gasteiger partial charge in [-0.3, -0.25) is 19.7 Å². The molecule has 2 N–H and O–H groups in total. The molecule has 0 atom stereocenters. The lowest BCUT2D eigenvalue weighted by molar-refractivity contribution is -0.385. The summed E-state index contributed by atoms with van der Waals surface area (Å²) in [6.45, 7) is 0. The molecule has 0 radical (unpaired) electrons. The van der Waals surface area contributed by atoms with Crippen LogP contribution in [0.2, 0.25) is 5.02 Å². The van der Waals surface area contributed by atoms with Crippen LogP contribution in [0.25, 0.3) is 0 Å². The molecule has 12 heteroatoms. The van der Waals surface area contributed by atoms with Crippen molar-refractivity contribution >= 4 is 47.0 Å². The number of benzene rings is 3. The van der Waals surface area contributed by atoms with Crippen molar-refractivity contribution in [3.05, 3.63) is 98.8 Å². The van der Waals surface area contributed by atoms with E-state index in [1.807, 2.05) is 5.43 Å². The van der Waals surface area contributed by atoms with E-state index < -0.39 is 34.2 Å². The van der Waals surface area contributed by atoms with Crippen molar-refractivity contribution in [1.82, 2.24) is 5.43 Å². The van der Waals surface area contributed by atoms with Crippen LogP contribution in [0.15, 0.2) is 71.8 Å².